The fourth-order valence-electron chi connectivity index (χ4n) is 1.76. The summed E-state index contributed by atoms with van der Waals surface area (Å²) in [5.41, 5.74) is 6.44. The minimum Gasteiger partial charge on any atom is -0.399 e. The number of hydrogen-bond donors (Lipinski definition) is 3. The second-order valence-corrected chi connectivity index (χ2v) is 5.84. The smallest absolute Gasteiger partial charge is 0.224 e. The zero-order valence-electron chi connectivity index (χ0n) is 12.2. The Morgan fingerprint density at radius 3 is 2.52 bits per heavy atom. The fourth-order valence-corrected chi connectivity index (χ4v) is 2.36. The van der Waals surface area contributed by atoms with Crippen LogP contribution in [0.4, 0.5) is 11.4 Å². The maximum Gasteiger partial charge on any atom is 0.224 e. The first-order valence-electron chi connectivity index (χ1n) is 6.70. The molecule has 1 unspecified atom stereocenters. The van der Waals surface area contributed by atoms with Crippen molar-refractivity contribution in [2.75, 3.05) is 31.2 Å². The van der Waals surface area contributed by atoms with Crippen molar-refractivity contribution in [3.8, 4) is 0 Å². The molecule has 0 bridgehead atoms. The minimum absolute atomic E-state index is 0.0778. The summed E-state index contributed by atoms with van der Waals surface area (Å²) in [7, 11) is 1.91. The quantitative estimate of drug-likeness (QED) is 0.670. The van der Waals surface area contributed by atoms with Gasteiger partial charge in [-0.3, -0.25) is 4.79 Å². The number of anilines is 2. The van der Waals surface area contributed by atoms with E-state index in [0.717, 1.165) is 6.54 Å². The van der Waals surface area contributed by atoms with Crippen LogP contribution >= 0.6 is 23.2 Å². The molecule has 0 aliphatic carbocycles. The van der Waals surface area contributed by atoms with Crippen LogP contribution in [0, 0.1) is 0 Å². The molecule has 1 amide bonds. The van der Waals surface area contributed by atoms with E-state index in [0.29, 0.717) is 34.3 Å². The van der Waals surface area contributed by atoms with Gasteiger partial charge in [0.05, 0.1) is 22.3 Å². The van der Waals surface area contributed by atoms with Crippen molar-refractivity contribution in [1.29, 1.82) is 0 Å². The van der Waals surface area contributed by atoms with E-state index in [4.69, 9.17) is 34.0 Å². The number of nitrogens with zero attached hydrogens (tertiary/aromatic N) is 1. The molecular formula is C14H21Cl2N3O2. The molecule has 1 atom stereocenters. The van der Waals surface area contributed by atoms with E-state index in [1.54, 1.807) is 12.1 Å². The van der Waals surface area contributed by atoms with Crippen LogP contribution in [0.1, 0.15) is 19.8 Å². The molecule has 0 aliphatic heterocycles. The lowest BCUT2D eigenvalue weighted by molar-refractivity contribution is -0.116. The summed E-state index contributed by atoms with van der Waals surface area (Å²) < 4.78 is 0. The Hall–Kier alpha value is -1.01. The van der Waals surface area contributed by atoms with Crippen LogP contribution in [0.3, 0.4) is 0 Å². The number of aliphatic hydroxyl groups excluding tert-OH is 1. The van der Waals surface area contributed by atoms with Gasteiger partial charge in [0.1, 0.15) is 0 Å². The summed E-state index contributed by atoms with van der Waals surface area (Å²) in [5.74, 6) is -0.159. The van der Waals surface area contributed by atoms with Gasteiger partial charge in [0.15, 0.2) is 0 Å². The fraction of sp³-hybridized carbons (Fsp3) is 0.500. The standard InChI is InChI=1S/C14H21Cl2N3O2/c1-9(8-20)19(2)5-3-4-13(21)18-14-11(15)6-10(17)7-12(14)16/h6-7,9,20H,3-5,8,17H2,1-2H3,(H,18,21). The van der Waals surface area contributed by atoms with Crippen LogP contribution in [0.25, 0.3) is 0 Å². The van der Waals surface area contributed by atoms with Gasteiger partial charge in [-0.05, 0) is 39.1 Å². The number of rotatable bonds is 7. The zero-order chi connectivity index (χ0) is 16.0. The van der Waals surface area contributed by atoms with Gasteiger partial charge in [0, 0.05) is 18.2 Å². The molecule has 0 saturated heterocycles. The van der Waals surface area contributed by atoms with Crippen LogP contribution in [0.2, 0.25) is 10.0 Å². The van der Waals surface area contributed by atoms with Crippen molar-refractivity contribution >= 4 is 40.5 Å². The van der Waals surface area contributed by atoms with Crippen molar-refractivity contribution in [1.82, 2.24) is 4.90 Å². The van der Waals surface area contributed by atoms with E-state index in [2.05, 4.69) is 5.32 Å². The Morgan fingerprint density at radius 2 is 2.00 bits per heavy atom. The Labute approximate surface area is 135 Å². The Bertz CT molecular complexity index is 474. The van der Waals surface area contributed by atoms with Crippen molar-refractivity contribution in [3.05, 3.63) is 22.2 Å². The number of nitrogen functional groups attached to an aromatic ring is 1. The lowest BCUT2D eigenvalue weighted by Gasteiger charge is -2.22. The van der Waals surface area contributed by atoms with E-state index in [1.807, 2.05) is 18.9 Å². The first kappa shape index (κ1) is 18.0. The number of benzene rings is 1. The third-order valence-electron chi connectivity index (χ3n) is 3.26. The number of carbonyl (C=O) groups is 1. The first-order valence-corrected chi connectivity index (χ1v) is 7.46. The maximum atomic E-state index is 11.9. The third kappa shape index (κ3) is 5.71. The Kier molecular flexibility index (Phi) is 7.25. The lowest BCUT2D eigenvalue weighted by atomic mass is 10.2. The summed E-state index contributed by atoms with van der Waals surface area (Å²) >= 11 is 12.0. The van der Waals surface area contributed by atoms with Gasteiger partial charge >= 0.3 is 0 Å². The predicted octanol–water partition coefficient (Wildman–Crippen LogP) is 2.61. The summed E-state index contributed by atoms with van der Waals surface area (Å²) in [6.45, 7) is 2.74. The average Bonchev–Trinajstić information content (AvgIpc) is 2.41. The number of hydrogen-bond acceptors (Lipinski definition) is 4. The van der Waals surface area contributed by atoms with Crippen molar-refractivity contribution in [3.63, 3.8) is 0 Å². The van der Waals surface area contributed by atoms with Gasteiger partial charge in [0.25, 0.3) is 0 Å². The summed E-state index contributed by atoms with van der Waals surface area (Å²) in [6.07, 6.45) is 1.02. The molecule has 0 aromatic heterocycles. The molecule has 0 radical (unpaired) electrons. The van der Waals surface area contributed by atoms with Crippen LogP contribution < -0.4 is 11.1 Å². The van der Waals surface area contributed by atoms with Crippen LogP contribution in [-0.4, -0.2) is 42.2 Å². The number of nitrogens with one attached hydrogen (secondary N) is 1. The molecule has 7 heteroatoms. The molecular weight excluding hydrogens is 313 g/mol. The number of aliphatic hydroxyl groups is 1. The SMILES string of the molecule is CC(CO)N(C)CCCC(=O)Nc1c(Cl)cc(N)cc1Cl. The number of amides is 1. The molecule has 21 heavy (non-hydrogen) atoms. The zero-order valence-corrected chi connectivity index (χ0v) is 13.7. The molecule has 118 valence electrons. The predicted molar refractivity (Wildman–Crippen MR) is 87.9 cm³/mol. The van der Waals surface area contributed by atoms with E-state index >= 15 is 0 Å². The highest BCUT2D eigenvalue weighted by Crippen LogP contribution is 2.32. The largest absolute Gasteiger partial charge is 0.399 e. The average molecular weight is 334 g/mol. The van der Waals surface area contributed by atoms with Crippen molar-refractivity contribution in [2.24, 2.45) is 0 Å². The molecule has 0 saturated carbocycles. The monoisotopic (exact) mass is 333 g/mol. The number of nitrogens with two attached hydrogens (primary N) is 1. The molecule has 0 fully saturated rings. The Morgan fingerprint density at radius 1 is 1.43 bits per heavy atom. The van der Waals surface area contributed by atoms with Gasteiger partial charge in [0.2, 0.25) is 5.91 Å². The highest BCUT2D eigenvalue weighted by Gasteiger charge is 2.12. The van der Waals surface area contributed by atoms with E-state index < -0.39 is 0 Å². The number of halogens is 2. The van der Waals surface area contributed by atoms with Crippen LogP contribution in [0.5, 0.6) is 0 Å². The summed E-state index contributed by atoms with van der Waals surface area (Å²) in [6, 6.07) is 3.16. The van der Waals surface area contributed by atoms with Gasteiger partial charge in [-0.1, -0.05) is 23.2 Å². The van der Waals surface area contributed by atoms with Crippen LogP contribution in [0.15, 0.2) is 12.1 Å². The van der Waals surface area contributed by atoms with E-state index in [1.165, 1.54) is 0 Å². The molecule has 1 rings (SSSR count). The summed E-state index contributed by atoms with van der Waals surface area (Å²) in [4.78, 5) is 13.9. The van der Waals surface area contributed by atoms with Crippen molar-refractivity contribution < 1.29 is 9.90 Å². The molecule has 1 aromatic rings. The van der Waals surface area contributed by atoms with Crippen molar-refractivity contribution in [2.45, 2.75) is 25.8 Å². The summed E-state index contributed by atoms with van der Waals surface area (Å²) in [5, 5.41) is 12.4. The molecule has 1 aromatic carbocycles. The number of carbonyl (C=O) groups excluding carboxylic acids is 1. The molecule has 0 heterocycles. The van der Waals surface area contributed by atoms with Gasteiger partial charge in [-0.25, -0.2) is 0 Å². The second-order valence-electron chi connectivity index (χ2n) is 5.02. The molecule has 0 spiro atoms. The highest BCUT2D eigenvalue weighted by molar-refractivity contribution is 6.40. The molecule has 5 nitrogen and oxygen atoms in total. The van der Waals surface area contributed by atoms with Crippen LogP contribution in [-0.2, 0) is 4.79 Å². The lowest BCUT2D eigenvalue weighted by Crippen LogP contribution is -2.33. The normalized spacial score (nSPS) is 12.5. The second kappa shape index (κ2) is 8.44. The Balaban J connectivity index is 2.48. The number of likely N-dealkylation sites (N-methyl/N-ethyl adjacent to an activating group) is 1. The van der Waals surface area contributed by atoms with Gasteiger partial charge in [-0.15, -0.1) is 0 Å². The first-order chi connectivity index (χ1) is 9.85. The van der Waals surface area contributed by atoms with Gasteiger partial charge < -0.3 is 21.1 Å². The maximum absolute atomic E-state index is 11.9. The molecule has 4 N–H and O–H groups in total. The van der Waals surface area contributed by atoms with E-state index in [-0.39, 0.29) is 18.6 Å². The minimum atomic E-state index is -0.159. The topological polar surface area (TPSA) is 78.6 Å². The third-order valence-corrected chi connectivity index (χ3v) is 3.86. The molecule has 0 aliphatic rings. The van der Waals surface area contributed by atoms with E-state index in [9.17, 15) is 4.79 Å². The highest BCUT2D eigenvalue weighted by atomic mass is 35.5. The van der Waals surface area contributed by atoms with Gasteiger partial charge in [-0.2, -0.15) is 0 Å².